The van der Waals surface area contributed by atoms with Gasteiger partial charge in [-0.2, -0.15) is 0 Å². The van der Waals surface area contributed by atoms with Crippen molar-refractivity contribution < 1.29 is 4.79 Å². The highest BCUT2D eigenvalue weighted by molar-refractivity contribution is 9.10. The van der Waals surface area contributed by atoms with Gasteiger partial charge in [0.25, 0.3) is 0 Å². The molecule has 0 atom stereocenters. The Morgan fingerprint density at radius 1 is 1.33 bits per heavy atom. The fourth-order valence-electron chi connectivity index (χ4n) is 2.28. The third kappa shape index (κ3) is 2.04. The molecule has 1 aliphatic carbocycles. The van der Waals surface area contributed by atoms with E-state index in [9.17, 15) is 4.79 Å². The molecule has 0 N–H and O–H groups in total. The van der Waals surface area contributed by atoms with Gasteiger partial charge in [0.1, 0.15) is 0 Å². The van der Waals surface area contributed by atoms with Gasteiger partial charge in [-0.1, -0.05) is 17.7 Å². The van der Waals surface area contributed by atoms with E-state index in [4.69, 9.17) is 11.6 Å². The Balaban J connectivity index is 2.04. The van der Waals surface area contributed by atoms with E-state index in [1.54, 1.807) is 17.4 Å². The normalized spacial score (nSPS) is 13.7. The second kappa shape index (κ2) is 4.80. The Kier molecular flexibility index (Phi) is 3.31. The van der Waals surface area contributed by atoms with Crippen molar-refractivity contribution in [2.45, 2.75) is 19.3 Å². The molecule has 92 valence electrons. The van der Waals surface area contributed by atoms with Crippen LogP contribution in [0.2, 0.25) is 5.02 Å². The van der Waals surface area contributed by atoms with E-state index >= 15 is 0 Å². The summed E-state index contributed by atoms with van der Waals surface area (Å²) in [6.07, 6.45) is 3.42. The Labute approximate surface area is 123 Å². The van der Waals surface area contributed by atoms with Crippen LogP contribution < -0.4 is 0 Å². The highest BCUT2D eigenvalue weighted by atomic mass is 79.9. The largest absolute Gasteiger partial charge is 0.288 e. The lowest BCUT2D eigenvalue weighted by Crippen LogP contribution is -2.01. The van der Waals surface area contributed by atoms with Crippen molar-refractivity contribution in [3.63, 3.8) is 0 Å². The standard InChI is InChI=1S/C14H10BrClOS/c15-9-4-2-5-10(16)13(9)14(17)12-7-8-3-1-6-11(8)18-12/h2,4-5,7H,1,3,6H2. The molecule has 18 heavy (non-hydrogen) atoms. The number of hydrogen-bond acceptors (Lipinski definition) is 2. The number of rotatable bonds is 2. The second-order valence-electron chi connectivity index (χ2n) is 4.34. The minimum atomic E-state index is 0.0203. The molecule has 0 bridgehead atoms. The number of benzene rings is 1. The first-order chi connectivity index (χ1) is 8.66. The van der Waals surface area contributed by atoms with Crippen LogP contribution in [0.1, 0.15) is 32.1 Å². The Hall–Kier alpha value is -0.640. The van der Waals surface area contributed by atoms with E-state index in [0.29, 0.717) is 10.6 Å². The van der Waals surface area contributed by atoms with Gasteiger partial charge in [0, 0.05) is 9.35 Å². The summed E-state index contributed by atoms with van der Waals surface area (Å²) in [6, 6.07) is 7.46. The van der Waals surface area contributed by atoms with E-state index in [0.717, 1.165) is 22.2 Å². The van der Waals surface area contributed by atoms with Gasteiger partial charge in [0.05, 0.1) is 15.5 Å². The number of thiophene rings is 1. The number of carbonyl (C=O) groups is 1. The van der Waals surface area contributed by atoms with Crippen molar-refractivity contribution in [3.05, 3.63) is 54.6 Å². The third-order valence-corrected chi connectivity index (χ3v) is 5.37. The molecule has 0 saturated heterocycles. The number of fused-ring (bicyclic) bond motifs is 1. The average Bonchev–Trinajstić information content (AvgIpc) is 2.88. The molecule has 0 unspecified atom stereocenters. The molecule has 4 heteroatoms. The molecule has 0 aliphatic heterocycles. The summed E-state index contributed by atoms with van der Waals surface area (Å²) in [7, 11) is 0. The first-order valence-electron chi connectivity index (χ1n) is 5.77. The second-order valence-corrected chi connectivity index (χ2v) is 6.74. The lowest BCUT2D eigenvalue weighted by molar-refractivity contribution is 0.104. The average molecular weight is 342 g/mol. The van der Waals surface area contributed by atoms with E-state index in [1.807, 2.05) is 18.2 Å². The van der Waals surface area contributed by atoms with Gasteiger partial charge in [-0.05, 0) is 59.0 Å². The van der Waals surface area contributed by atoms with Crippen LogP contribution in [0, 0.1) is 0 Å². The summed E-state index contributed by atoms with van der Waals surface area (Å²) >= 11 is 11.1. The van der Waals surface area contributed by atoms with Crippen LogP contribution in [0.15, 0.2) is 28.7 Å². The highest BCUT2D eigenvalue weighted by Gasteiger charge is 2.22. The Bertz CT molecular complexity index is 591. The van der Waals surface area contributed by atoms with Gasteiger partial charge in [-0.25, -0.2) is 0 Å². The Morgan fingerprint density at radius 3 is 2.89 bits per heavy atom. The molecule has 0 saturated carbocycles. The SMILES string of the molecule is O=C(c1cc2c(s1)CCC2)c1c(Cl)cccc1Br. The van der Waals surface area contributed by atoms with Gasteiger partial charge in [0.15, 0.2) is 0 Å². The first kappa shape index (κ1) is 12.4. The zero-order chi connectivity index (χ0) is 12.7. The molecular formula is C14H10BrClOS. The number of halogens is 2. The summed E-state index contributed by atoms with van der Waals surface area (Å²) in [5.41, 5.74) is 1.91. The minimum absolute atomic E-state index is 0.0203. The lowest BCUT2D eigenvalue weighted by atomic mass is 10.1. The van der Waals surface area contributed by atoms with Gasteiger partial charge in [0.2, 0.25) is 5.78 Å². The number of carbonyl (C=O) groups excluding carboxylic acids is 1. The number of aryl methyl sites for hydroxylation is 2. The molecule has 1 nitrogen and oxygen atoms in total. The van der Waals surface area contributed by atoms with Crippen molar-refractivity contribution in [3.8, 4) is 0 Å². The maximum absolute atomic E-state index is 12.5. The molecular weight excluding hydrogens is 332 g/mol. The highest BCUT2D eigenvalue weighted by Crippen LogP contribution is 2.34. The number of ketones is 1. The van der Waals surface area contributed by atoms with Crippen LogP contribution in [0.3, 0.4) is 0 Å². The minimum Gasteiger partial charge on any atom is -0.288 e. The van der Waals surface area contributed by atoms with Crippen molar-refractivity contribution in [1.29, 1.82) is 0 Å². The summed E-state index contributed by atoms with van der Waals surface area (Å²) in [5, 5.41) is 0.503. The van der Waals surface area contributed by atoms with Crippen LogP contribution in [0.25, 0.3) is 0 Å². The predicted octanol–water partition coefficient (Wildman–Crippen LogP) is 4.88. The number of hydrogen-bond donors (Lipinski definition) is 0. The van der Waals surface area contributed by atoms with Crippen molar-refractivity contribution in [2.24, 2.45) is 0 Å². The topological polar surface area (TPSA) is 17.1 Å². The van der Waals surface area contributed by atoms with Gasteiger partial charge < -0.3 is 0 Å². The molecule has 1 heterocycles. The van der Waals surface area contributed by atoms with E-state index in [2.05, 4.69) is 15.9 Å². The molecule has 0 amide bonds. The molecule has 1 aliphatic rings. The lowest BCUT2D eigenvalue weighted by Gasteiger charge is -2.04. The van der Waals surface area contributed by atoms with Crippen LogP contribution in [-0.4, -0.2) is 5.78 Å². The third-order valence-electron chi connectivity index (χ3n) is 3.16. The van der Waals surface area contributed by atoms with Crippen LogP contribution >= 0.6 is 38.9 Å². The van der Waals surface area contributed by atoms with Crippen molar-refractivity contribution in [2.75, 3.05) is 0 Å². The maximum atomic E-state index is 12.5. The summed E-state index contributed by atoms with van der Waals surface area (Å²) in [6.45, 7) is 0. The van der Waals surface area contributed by atoms with E-state index < -0.39 is 0 Å². The zero-order valence-corrected chi connectivity index (χ0v) is 12.7. The zero-order valence-electron chi connectivity index (χ0n) is 9.50. The van der Waals surface area contributed by atoms with Crippen LogP contribution in [-0.2, 0) is 12.8 Å². The molecule has 0 radical (unpaired) electrons. The summed E-state index contributed by atoms with van der Waals surface area (Å²) < 4.78 is 0.758. The van der Waals surface area contributed by atoms with Crippen LogP contribution in [0.5, 0.6) is 0 Å². The van der Waals surface area contributed by atoms with E-state index in [1.165, 1.54) is 16.9 Å². The maximum Gasteiger partial charge on any atom is 0.205 e. The quantitative estimate of drug-likeness (QED) is 0.711. The van der Waals surface area contributed by atoms with Crippen molar-refractivity contribution >= 4 is 44.7 Å². The van der Waals surface area contributed by atoms with Crippen molar-refractivity contribution in [1.82, 2.24) is 0 Å². The molecule has 0 fully saturated rings. The van der Waals surface area contributed by atoms with Gasteiger partial charge in [-0.15, -0.1) is 11.3 Å². The van der Waals surface area contributed by atoms with E-state index in [-0.39, 0.29) is 5.78 Å². The first-order valence-corrected chi connectivity index (χ1v) is 7.76. The molecule has 0 spiro atoms. The fraction of sp³-hybridized carbons (Fsp3) is 0.214. The molecule has 1 aromatic carbocycles. The Morgan fingerprint density at radius 2 is 2.17 bits per heavy atom. The smallest absolute Gasteiger partial charge is 0.205 e. The summed E-state index contributed by atoms with van der Waals surface area (Å²) in [4.78, 5) is 14.7. The predicted molar refractivity (Wildman–Crippen MR) is 78.9 cm³/mol. The van der Waals surface area contributed by atoms with Gasteiger partial charge in [-0.3, -0.25) is 4.79 Å². The molecule has 2 aromatic rings. The molecule has 1 aromatic heterocycles. The monoisotopic (exact) mass is 340 g/mol. The fourth-order valence-corrected chi connectivity index (χ4v) is 4.40. The van der Waals surface area contributed by atoms with Crippen LogP contribution in [0.4, 0.5) is 0 Å². The summed E-state index contributed by atoms with van der Waals surface area (Å²) in [5.74, 6) is 0.0203. The van der Waals surface area contributed by atoms with Gasteiger partial charge >= 0.3 is 0 Å². The molecule has 3 rings (SSSR count).